The maximum atomic E-state index is 4.89. The van der Waals surface area contributed by atoms with Crippen molar-refractivity contribution in [3.8, 4) is 0 Å². The molecule has 2 saturated carbocycles. The van der Waals surface area contributed by atoms with E-state index in [0.29, 0.717) is 12.0 Å². The molecule has 0 radical (unpaired) electrons. The average Bonchev–Trinajstić information content (AvgIpc) is 3.03. The van der Waals surface area contributed by atoms with Gasteiger partial charge >= 0.3 is 0 Å². The Morgan fingerprint density at radius 2 is 2.05 bits per heavy atom. The molecule has 21 heavy (non-hydrogen) atoms. The largest absolute Gasteiger partial charge is 0.366 e. The van der Waals surface area contributed by atoms with Crippen LogP contribution < -0.4 is 10.2 Å². The number of H-pyrrole nitrogens is 1. The SMILES string of the molecule is CCCN1CN=C(NC2CCCC2)c2[nH]c(C3CC3)nc21. The van der Waals surface area contributed by atoms with Crippen LogP contribution >= 0.6 is 0 Å². The number of fused-ring (bicyclic) bond motifs is 1. The molecule has 0 spiro atoms. The number of rotatable bonds is 4. The molecule has 1 aromatic heterocycles. The van der Waals surface area contributed by atoms with Crippen LogP contribution in [0, 0.1) is 0 Å². The van der Waals surface area contributed by atoms with Crippen molar-refractivity contribution >= 4 is 11.7 Å². The second-order valence-corrected chi connectivity index (χ2v) is 6.63. The summed E-state index contributed by atoms with van der Waals surface area (Å²) < 4.78 is 0. The van der Waals surface area contributed by atoms with Gasteiger partial charge in [0, 0.05) is 18.5 Å². The van der Waals surface area contributed by atoms with Crippen LogP contribution in [0.5, 0.6) is 0 Å². The van der Waals surface area contributed by atoms with Gasteiger partial charge in [-0.15, -0.1) is 0 Å². The van der Waals surface area contributed by atoms with Crippen molar-refractivity contribution in [1.82, 2.24) is 15.3 Å². The van der Waals surface area contributed by atoms with Gasteiger partial charge in [-0.1, -0.05) is 19.8 Å². The summed E-state index contributed by atoms with van der Waals surface area (Å²) in [5, 5.41) is 3.66. The minimum absolute atomic E-state index is 0.599. The molecule has 5 heteroatoms. The first-order valence-corrected chi connectivity index (χ1v) is 8.51. The van der Waals surface area contributed by atoms with E-state index in [0.717, 1.165) is 37.0 Å². The molecule has 2 N–H and O–H groups in total. The topological polar surface area (TPSA) is 56.3 Å². The maximum Gasteiger partial charge on any atom is 0.159 e. The number of hydrogen-bond acceptors (Lipinski definition) is 4. The molecule has 2 aliphatic carbocycles. The van der Waals surface area contributed by atoms with Crippen molar-refractivity contribution in [1.29, 1.82) is 0 Å². The number of aliphatic imine (C=N–C) groups is 1. The number of anilines is 1. The van der Waals surface area contributed by atoms with Crippen LogP contribution in [-0.4, -0.2) is 35.1 Å². The molecule has 5 nitrogen and oxygen atoms in total. The molecule has 0 bridgehead atoms. The molecule has 0 atom stereocenters. The van der Waals surface area contributed by atoms with Gasteiger partial charge in [-0.2, -0.15) is 0 Å². The molecule has 1 aromatic rings. The lowest BCUT2D eigenvalue weighted by atomic mass is 10.2. The minimum Gasteiger partial charge on any atom is -0.366 e. The molecule has 114 valence electrons. The van der Waals surface area contributed by atoms with Gasteiger partial charge in [0.25, 0.3) is 0 Å². The summed E-state index contributed by atoms with van der Waals surface area (Å²) in [6, 6.07) is 0.599. The molecule has 2 fully saturated rings. The zero-order valence-corrected chi connectivity index (χ0v) is 12.9. The van der Waals surface area contributed by atoms with Crippen LogP contribution in [0.3, 0.4) is 0 Å². The Morgan fingerprint density at radius 3 is 2.76 bits per heavy atom. The molecule has 0 saturated heterocycles. The smallest absolute Gasteiger partial charge is 0.159 e. The fraction of sp³-hybridized carbons (Fsp3) is 0.750. The maximum absolute atomic E-state index is 4.89. The van der Waals surface area contributed by atoms with E-state index < -0.39 is 0 Å². The standard InChI is InChI=1S/C16H25N5/c1-2-9-21-10-17-15(18-12-5-3-4-6-12)13-16(21)20-14(19-13)11-7-8-11/h11-12H,2-10H2,1H3,(H,17,18)(H,19,20). The Morgan fingerprint density at radius 1 is 1.24 bits per heavy atom. The molecular weight excluding hydrogens is 262 g/mol. The first-order chi connectivity index (χ1) is 10.3. The summed E-state index contributed by atoms with van der Waals surface area (Å²) in [4.78, 5) is 15.5. The Bertz CT molecular complexity index is 537. The summed E-state index contributed by atoms with van der Waals surface area (Å²) in [6.07, 6.45) is 8.93. The lowest BCUT2D eigenvalue weighted by Gasteiger charge is -2.27. The number of hydrogen-bond donors (Lipinski definition) is 2. The highest BCUT2D eigenvalue weighted by molar-refractivity contribution is 6.02. The third kappa shape index (κ3) is 2.54. The van der Waals surface area contributed by atoms with Crippen molar-refractivity contribution < 1.29 is 0 Å². The summed E-state index contributed by atoms with van der Waals surface area (Å²) in [7, 11) is 0. The van der Waals surface area contributed by atoms with Crippen molar-refractivity contribution in [2.75, 3.05) is 18.1 Å². The number of amidine groups is 1. The lowest BCUT2D eigenvalue weighted by molar-refractivity contribution is 0.624. The van der Waals surface area contributed by atoms with Crippen LogP contribution in [0.25, 0.3) is 0 Å². The minimum atomic E-state index is 0.599. The predicted octanol–water partition coefficient (Wildman–Crippen LogP) is 2.75. The number of nitrogens with one attached hydrogen (secondary N) is 2. The summed E-state index contributed by atoms with van der Waals surface area (Å²) in [5.41, 5.74) is 1.13. The average molecular weight is 287 g/mol. The molecular formula is C16H25N5. The fourth-order valence-corrected chi connectivity index (χ4v) is 3.46. The fourth-order valence-electron chi connectivity index (χ4n) is 3.46. The van der Waals surface area contributed by atoms with Gasteiger partial charge in [0.15, 0.2) is 11.7 Å². The van der Waals surface area contributed by atoms with Crippen molar-refractivity contribution in [2.24, 2.45) is 4.99 Å². The van der Waals surface area contributed by atoms with E-state index in [1.807, 2.05) is 0 Å². The van der Waals surface area contributed by atoms with Crippen LogP contribution in [0.4, 0.5) is 5.82 Å². The quantitative estimate of drug-likeness (QED) is 0.895. The van der Waals surface area contributed by atoms with E-state index in [9.17, 15) is 0 Å². The van der Waals surface area contributed by atoms with Crippen LogP contribution in [0.2, 0.25) is 0 Å². The molecule has 2 heterocycles. The van der Waals surface area contributed by atoms with Crippen LogP contribution in [0.15, 0.2) is 4.99 Å². The predicted molar refractivity (Wildman–Crippen MR) is 85.0 cm³/mol. The van der Waals surface area contributed by atoms with E-state index in [-0.39, 0.29) is 0 Å². The second kappa shape index (κ2) is 5.35. The lowest BCUT2D eigenvalue weighted by Crippen LogP contribution is -2.39. The van der Waals surface area contributed by atoms with E-state index >= 15 is 0 Å². The zero-order chi connectivity index (χ0) is 14.2. The van der Waals surface area contributed by atoms with Crippen molar-refractivity contribution in [2.45, 2.75) is 63.8 Å². The highest BCUT2D eigenvalue weighted by Gasteiger charge is 2.32. The van der Waals surface area contributed by atoms with E-state index in [2.05, 4.69) is 22.1 Å². The molecule has 3 aliphatic rings. The molecule has 0 amide bonds. The van der Waals surface area contributed by atoms with Gasteiger partial charge in [0.1, 0.15) is 18.2 Å². The first kappa shape index (κ1) is 13.2. The van der Waals surface area contributed by atoms with Crippen molar-refractivity contribution in [3.63, 3.8) is 0 Å². The van der Waals surface area contributed by atoms with Crippen molar-refractivity contribution in [3.05, 3.63) is 11.5 Å². The van der Waals surface area contributed by atoms with E-state index in [4.69, 9.17) is 9.98 Å². The van der Waals surface area contributed by atoms with Gasteiger partial charge in [-0.3, -0.25) is 0 Å². The number of imidazole rings is 1. The van der Waals surface area contributed by atoms with Crippen LogP contribution in [0.1, 0.15) is 69.3 Å². The first-order valence-electron chi connectivity index (χ1n) is 8.51. The number of aromatic amines is 1. The Labute approximate surface area is 126 Å². The zero-order valence-electron chi connectivity index (χ0n) is 12.9. The monoisotopic (exact) mass is 287 g/mol. The third-order valence-corrected chi connectivity index (χ3v) is 4.79. The van der Waals surface area contributed by atoms with Gasteiger partial charge in [0.05, 0.1) is 0 Å². The molecule has 0 unspecified atom stereocenters. The normalized spacial score (nSPS) is 22.3. The Hall–Kier alpha value is -1.52. The number of nitrogens with zero attached hydrogens (tertiary/aromatic N) is 3. The highest BCUT2D eigenvalue weighted by atomic mass is 15.3. The van der Waals surface area contributed by atoms with Gasteiger partial charge in [-0.25, -0.2) is 9.98 Å². The van der Waals surface area contributed by atoms with Crippen LogP contribution in [-0.2, 0) is 0 Å². The highest BCUT2D eigenvalue weighted by Crippen LogP contribution is 2.40. The van der Waals surface area contributed by atoms with Gasteiger partial charge in [-0.05, 0) is 32.1 Å². The number of aromatic nitrogens is 2. The summed E-state index contributed by atoms with van der Waals surface area (Å²) in [5.74, 6) is 3.99. The summed E-state index contributed by atoms with van der Waals surface area (Å²) >= 11 is 0. The Balaban J connectivity index is 1.60. The third-order valence-electron chi connectivity index (χ3n) is 4.79. The molecule has 1 aliphatic heterocycles. The summed E-state index contributed by atoms with van der Waals surface area (Å²) in [6.45, 7) is 3.98. The van der Waals surface area contributed by atoms with Gasteiger partial charge < -0.3 is 15.2 Å². The van der Waals surface area contributed by atoms with Gasteiger partial charge in [0.2, 0.25) is 0 Å². The Kier molecular flexibility index (Phi) is 3.36. The van der Waals surface area contributed by atoms with E-state index in [1.165, 1.54) is 44.3 Å². The second-order valence-electron chi connectivity index (χ2n) is 6.63. The molecule has 0 aromatic carbocycles. The molecule has 4 rings (SSSR count). The van der Waals surface area contributed by atoms with E-state index in [1.54, 1.807) is 0 Å².